The van der Waals surface area contributed by atoms with Crippen LogP contribution in [-0.2, 0) is 55.7 Å². The molecule has 0 saturated heterocycles. The SMILES string of the molecule is COCCOCCOCCOCCOCCOCCOCCOCCOCc1cccc(C(=O)Nc2ccc(OC3CCC3)cc2-c2cc(C(=O)N[C@H]3CCCc4ccccc43)ccn2)c1. The van der Waals surface area contributed by atoms with Gasteiger partial charge in [0, 0.05) is 30.0 Å². The molecule has 1 heterocycles. The summed E-state index contributed by atoms with van der Waals surface area (Å²) in [6.45, 7) is 8.15. The third-order valence-corrected chi connectivity index (χ3v) is 11.1. The lowest BCUT2D eigenvalue weighted by Gasteiger charge is -2.27. The van der Waals surface area contributed by atoms with Gasteiger partial charge in [-0.15, -0.1) is 0 Å². The Hall–Kier alpha value is -4.81. The van der Waals surface area contributed by atoms with E-state index in [1.165, 1.54) is 11.1 Å². The van der Waals surface area contributed by atoms with E-state index in [0.717, 1.165) is 44.1 Å². The molecule has 2 aliphatic carbocycles. The van der Waals surface area contributed by atoms with Crippen molar-refractivity contribution in [1.29, 1.82) is 0 Å². The van der Waals surface area contributed by atoms with Crippen molar-refractivity contribution in [2.24, 2.45) is 0 Å². The first-order valence-electron chi connectivity index (χ1n) is 23.2. The zero-order valence-electron chi connectivity index (χ0n) is 38.3. The van der Waals surface area contributed by atoms with Crippen LogP contribution in [0.3, 0.4) is 0 Å². The van der Waals surface area contributed by atoms with Crippen LogP contribution in [0.25, 0.3) is 11.3 Å². The summed E-state index contributed by atoms with van der Waals surface area (Å²) in [6, 6.07) is 24.7. The van der Waals surface area contributed by atoms with Crippen LogP contribution in [0, 0.1) is 0 Å². The second-order valence-corrected chi connectivity index (χ2v) is 15.9. The number of aryl methyl sites for hydroxylation is 1. The van der Waals surface area contributed by atoms with Crippen molar-refractivity contribution < 1.29 is 57.0 Å². The van der Waals surface area contributed by atoms with Gasteiger partial charge >= 0.3 is 0 Å². The van der Waals surface area contributed by atoms with Crippen molar-refractivity contribution in [1.82, 2.24) is 10.3 Å². The van der Waals surface area contributed by atoms with Crippen LogP contribution < -0.4 is 15.4 Å². The first-order valence-corrected chi connectivity index (χ1v) is 23.2. The molecule has 2 aliphatic rings. The molecule has 4 aromatic rings. The van der Waals surface area contributed by atoms with Gasteiger partial charge in [-0.05, 0) is 97.7 Å². The molecule has 3 aromatic carbocycles. The maximum atomic E-state index is 13.7. The van der Waals surface area contributed by atoms with E-state index < -0.39 is 0 Å². The number of hydrogen-bond donors (Lipinski definition) is 2. The number of pyridine rings is 1. The molecule has 358 valence electrons. The minimum absolute atomic E-state index is 0.0541. The normalized spacial score (nSPS) is 14.7. The van der Waals surface area contributed by atoms with Gasteiger partial charge in [0.15, 0.2) is 0 Å². The van der Waals surface area contributed by atoms with Crippen LogP contribution >= 0.6 is 0 Å². The predicted molar refractivity (Wildman–Crippen MR) is 249 cm³/mol. The van der Waals surface area contributed by atoms with Crippen LogP contribution in [0.2, 0.25) is 0 Å². The molecule has 1 atom stereocenters. The number of benzene rings is 3. The number of ether oxygens (including phenoxy) is 10. The van der Waals surface area contributed by atoms with Crippen molar-refractivity contribution in [3.8, 4) is 17.0 Å². The highest BCUT2D eigenvalue weighted by molar-refractivity contribution is 6.06. The number of carbonyl (C=O) groups is 2. The molecule has 15 heteroatoms. The van der Waals surface area contributed by atoms with Gasteiger partial charge in [-0.2, -0.15) is 0 Å². The third kappa shape index (κ3) is 17.8. The molecular formula is C51H67N3O12. The zero-order chi connectivity index (χ0) is 45.9. The van der Waals surface area contributed by atoms with E-state index >= 15 is 0 Å². The first kappa shape index (κ1) is 50.6. The van der Waals surface area contributed by atoms with Gasteiger partial charge in [0.05, 0.1) is 136 Å². The average molecular weight is 914 g/mol. The Morgan fingerprint density at radius 3 is 1.82 bits per heavy atom. The number of rotatable bonds is 33. The molecule has 1 saturated carbocycles. The maximum absolute atomic E-state index is 13.7. The molecule has 2 N–H and O–H groups in total. The standard InChI is InChI=1S/C51H67N3O12/c1-57-19-20-58-21-22-59-23-24-60-25-26-61-27-28-62-29-30-63-31-32-64-33-34-65-38-39-7-4-10-41(35-39)50(55)54-48-16-15-44(66-43-11-6-12-43)37-46(48)49-36-42(17-18-52-49)51(56)53-47-14-5-9-40-8-2-3-13-45(40)47/h2-4,7-8,10,13,15-18,35-37,43,47H,5-6,9,11-12,14,19-34,38H2,1H3,(H,53,56)(H,54,55)/t47-/m0/s1. The molecule has 6 rings (SSSR count). The summed E-state index contributed by atoms with van der Waals surface area (Å²) in [5.41, 5.74) is 6.04. The lowest BCUT2D eigenvalue weighted by atomic mass is 9.87. The molecule has 1 aromatic heterocycles. The maximum Gasteiger partial charge on any atom is 0.255 e. The Kier molecular flexibility index (Phi) is 22.8. The van der Waals surface area contributed by atoms with E-state index in [4.69, 9.17) is 47.4 Å². The Morgan fingerprint density at radius 2 is 1.20 bits per heavy atom. The summed E-state index contributed by atoms with van der Waals surface area (Å²) < 4.78 is 55.5. The molecule has 0 unspecified atom stereocenters. The third-order valence-electron chi connectivity index (χ3n) is 11.1. The first-order chi connectivity index (χ1) is 32.6. The molecule has 2 amide bonds. The molecule has 0 radical (unpaired) electrons. The lowest BCUT2D eigenvalue weighted by molar-refractivity contribution is -0.0246. The zero-order valence-corrected chi connectivity index (χ0v) is 38.3. The van der Waals surface area contributed by atoms with Gasteiger partial charge in [0.1, 0.15) is 5.75 Å². The molecule has 0 spiro atoms. The number of hydrogen-bond acceptors (Lipinski definition) is 13. The quantitative estimate of drug-likeness (QED) is 0.0470. The summed E-state index contributed by atoms with van der Waals surface area (Å²) in [5, 5.41) is 6.34. The van der Waals surface area contributed by atoms with Gasteiger partial charge in [-0.25, -0.2) is 0 Å². The number of aromatic nitrogens is 1. The number of nitrogens with zero attached hydrogens (tertiary/aromatic N) is 1. The molecular weight excluding hydrogens is 847 g/mol. The average Bonchev–Trinajstić information content (AvgIpc) is 3.33. The highest BCUT2D eigenvalue weighted by atomic mass is 16.6. The number of carbonyl (C=O) groups excluding carboxylic acids is 2. The molecule has 0 bridgehead atoms. The molecule has 15 nitrogen and oxygen atoms in total. The van der Waals surface area contributed by atoms with Crippen LogP contribution in [0.1, 0.15) is 75.6 Å². The summed E-state index contributed by atoms with van der Waals surface area (Å²) in [7, 11) is 1.64. The van der Waals surface area contributed by atoms with Crippen LogP contribution in [-0.4, -0.2) is 136 Å². The van der Waals surface area contributed by atoms with Crippen LogP contribution in [0.4, 0.5) is 5.69 Å². The minimum atomic E-state index is -0.284. The van der Waals surface area contributed by atoms with Gasteiger partial charge in [-0.3, -0.25) is 14.6 Å². The fourth-order valence-electron chi connectivity index (χ4n) is 7.33. The van der Waals surface area contributed by atoms with E-state index in [-0.39, 0.29) is 24.0 Å². The Labute approximate surface area is 389 Å². The Balaban J connectivity index is 0.855. The van der Waals surface area contributed by atoms with E-state index in [9.17, 15) is 9.59 Å². The minimum Gasteiger partial charge on any atom is -0.490 e. The summed E-state index contributed by atoms with van der Waals surface area (Å²) in [4.78, 5) is 32.0. The van der Waals surface area contributed by atoms with Crippen molar-refractivity contribution in [3.63, 3.8) is 0 Å². The van der Waals surface area contributed by atoms with Crippen LogP contribution in [0.15, 0.2) is 85.1 Å². The van der Waals surface area contributed by atoms with Crippen molar-refractivity contribution in [2.45, 2.75) is 57.3 Å². The van der Waals surface area contributed by atoms with Crippen molar-refractivity contribution in [3.05, 3.63) is 113 Å². The van der Waals surface area contributed by atoms with Gasteiger partial charge in [0.25, 0.3) is 11.8 Å². The number of anilines is 1. The topological polar surface area (TPSA) is 163 Å². The summed E-state index contributed by atoms with van der Waals surface area (Å²) >= 11 is 0. The number of fused-ring (bicyclic) bond motifs is 1. The number of nitrogens with one attached hydrogen (secondary N) is 2. The van der Waals surface area contributed by atoms with E-state index in [0.29, 0.717) is 146 Å². The van der Waals surface area contributed by atoms with Gasteiger partial charge < -0.3 is 58.0 Å². The number of amides is 2. The Morgan fingerprint density at radius 1 is 0.591 bits per heavy atom. The smallest absolute Gasteiger partial charge is 0.255 e. The summed E-state index contributed by atoms with van der Waals surface area (Å²) in [5.74, 6) is 0.237. The van der Waals surface area contributed by atoms with Crippen molar-refractivity contribution in [2.75, 3.05) is 118 Å². The Bertz CT molecular complexity index is 2030. The monoisotopic (exact) mass is 913 g/mol. The van der Waals surface area contributed by atoms with Crippen molar-refractivity contribution >= 4 is 17.5 Å². The molecule has 66 heavy (non-hydrogen) atoms. The number of methoxy groups -OCH3 is 1. The molecule has 0 aliphatic heterocycles. The highest BCUT2D eigenvalue weighted by Gasteiger charge is 2.24. The second kappa shape index (κ2) is 29.8. The molecule has 1 fully saturated rings. The largest absolute Gasteiger partial charge is 0.490 e. The van der Waals surface area contributed by atoms with E-state index in [2.05, 4.69) is 27.8 Å². The lowest BCUT2D eigenvalue weighted by Crippen LogP contribution is -2.31. The van der Waals surface area contributed by atoms with E-state index in [1.54, 1.807) is 31.5 Å². The fourth-order valence-corrected chi connectivity index (χ4v) is 7.33. The van der Waals surface area contributed by atoms with E-state index in [1.807, 2.05) is 48.5 Å². The fraction of sp³-hybridized carbons (Fsp3) is 0.510. The second-order valence-electron chi connectivity index (χ2n) is 15.9. The predicted octanol–water partition coefficient (Wildman–Crippen LogP) is 7.02. The highest BCUT2D eigenvalue weighted by Crippen LogP contribution is 2.35. The van der Waals surface area contributed by atoms with Gasteiger partial charge in [-0.1, -0.05) is 36.4 Å². The van der Waals surface area contributed by atoms with Gasteiger partial charge in [0.2, 0.25) is 0 Å². The van der Waals surface area contributed by atoms with Crippen LogP contribution in [0.5, 0.6) is 5.75 Å². The summed E-state index contributed by atoms with van der Waals surface area (Å²) in [6.07, 6.45) is 7.87.